The zero-order valence-electron chi connectivity index (χ0n) is 10.4. The van der Waals surface area contributed by atoms with Crippen molar-refractivity contribution in [2.75, 3.05) is 24.5 Å². The summed E-state index contributed by atoms with van der Waals surface area (Å²) in [5, 5.41) is 3.66. The molecule has 2 aromatic rings. The first-order chi connectivity index (χ1) is 8.92. The van der Waals surface area contributed by atoms with Gasteiger partial charge in [0.15, 0.2) is 0 Å². The van der Waals surface area contributed by atoms with Crippen LogP contribution in [0.4, 0.5) is 5.82 Å². The molecule has 1 N–H and O–H groups in total. The Morgan fingerprint density at radius 1 is 1.28 bits per heavy atom. The first-order valence-corrected chi connectivity index (χ1v) is 6.82. The van der Waals surface area contributed by atoms with Crippen molar-refractivity contribution in [3.63, 3.8) is 0 Å². The van der Waals surface area contributed by atoms with Crippen LogP contribution < -0.4 is 10.2 Å². The van der Waals surface area contributed by atoms with E-state index in [2.05, 4.69) is 44.0 Å². The maximum absolute atomic E-state index is 4.36. The molecule has 4 nitrogen and oxygen atoms in total. The molecule has 2 aliphatic heterocycles. The van der Waals surface area contributed by atoms with Gasteiger partial charge >= 0.3 is 0 Å². The lowest BCUT2D eigenvalue weighted by atomic mass is 9.94. The van der Waals surface area contributed by atoms with Gasteiger partial charge in [-0.05, 0) is 37.4 Å². The number of piperidine rings is 1. The molecule has 94 valence electrons. The second kappa shape index (κ2) is 3.99. The van der Waals surface area contributed by atoms with E-state index in [1.807, 2.05) is 6.20 Å². The Balaban J connectivity index is 1.69. The molecule has 2 aliphatic rings. The van der Waals surface area contributed by atoms with E-state index >= 15 is 0 Å². The number of nitrogens with one attached hydrogen (secondary N) is 1. The van der Waals surface area contributed by atoms with Crippen molar-refractivity contribution in [3.05, 3.63) is 30.6 Å². The Kier molecular flexibility index (Phi) is 2.30. The van der Waals surface area contributed by atoms with Gasteiger partial charge in [-0.2, -0.15) is 0 Å². The summed E-state index contributed by atoms with van der Waals surface area (Å²) < 4.78 is 2.19. The van der Waals surface area contributed by atoms with Crippen LogP contribution in [0.15, 0.2) is 30.6 Å². The molecule has 0 saturated carbocycles. The summed E-state index contributed by atoms with van der Waals surface area (Å²) in [5.74, 6) is 2.10. The zero-order valence-corrected chi connectivity index (χ0v) is 10.4. The molecule has 0 aromatic carbocycles. The maximum atomic E-state index is 4.36. The van der Waals surface area contributed by atoms with Crippen LogP contribution in [0.5, 0.6) is 0 Å². The first kappa shape index (κ1) is 10.4. The monoisotopic (exact) mass is 242 g/mol. The van der Waals surface area contributed by atoms with Gasteiger partial charge in [0.05, 0.1) is 0 Å². The van der Waals surface area contributed by atoms with E-state index in [0.717, 1.165) is 18.1 Å². The molecule has 0 bridgehead atoms. The highest BCUT2D eigenvalue weighted by Gasteiger charge is 2.34. The van der Waals surface area contributed by atoms with Crippen LogP contribution in [0, 0.1) is 5.92 Å². The second-order valence-electron chi connectivity index (χ2n) is 5.41. The van der Waals surface area contributed by atoms with Gasteiger partial charge < -0.3 is 10.2 Å². The molecule has 2 saturated heterocycles. The van der Waals surface area contributed by atoms with Crippen molar-refractivity contribution in [1.29, 1.82) is 0 Å². The number of hydrogen-bond donors (Lipinski definition) is 1. The summed E-state index contributed by atoms with van der Waals surface area (Å²) >= 11 is 0. The van der Waals surface area contributed by atoms with Gasteiger partial charge in [-0.25, -0.2) is 4.98 Å². The second-order valence-corrected chi connectivity index (χ2v) is 5.41. The van der Waals surface area contributed by atoms with E-state index in [-0.39, 0.29) is 0 Å². The molecular weight excluding hydrogens is 224 g/mol. The molecule has 4 heterocycles. The Hall–Kier alpha value is -1.55. The van der Waals surface area contributed by atoms with E-state index < -0.39 is 0 Å². The van der Waals surface area contributed by atoms with Gasteiger partial charge in [0.2, 0.25) is 0 Å². The molecule has 0 amide bonds. The highest BCUT2D eigenvalue weighted by Crippen LogP contribution is 2.29. The van der Waals surface area contributed by atoms with E-state index in [9.17, 15) is 0 Å². The van der Waals surface area contributed by atoms with Crippen LogP contribution >= 0.6 is 0 Å². The summed E-state index contributed by atoms with van der Waals surface area (Å²) in [6, 6.07) is 7.04. The summed E-state index contributed by atoms with van der Waals surface area (Å²) in [7, 11) is 0. The van der Waals surface area contributed by atoms with E-state index in [4.69, 9.17) is 0 Å². The highest BCUT2D eigenvalue weighted by atomic mass is 15.3. The molecule has 2 fully saturated rings. The lowest BCUT2D eigenvalue weighted by Crippen LogP contribution is -2.40. The summed E-state index contributed by atoms with van der Waals surface area (Å²) in [4.78, 5) is 6.86. The van der Waals surface area contributed by atoms with Gasteiger partial charge in [0.25, 0.3) is 0 Å². The Bertz CT molecular complexity index is 548. The first-order valence-electron chi connectivity index (χ1n) is 6.82. The minimum atomic E-state index is 0.678. The fraction of sp³-hybridized carbons (Fsp3) is 0.500. The number of anilines is 1. The smallest absolute Gasteiger partial charge is 0.138 e. The normalized spacial score (nSPS) is 27.7. The third-order valence-corrected chi connectivity index (χ3v) is 4.33. The van der Waals surface area contributed by atoms with Gasteiger partial charge in [-0.3, -0.25) is 4.40 Å². The summed E-state index contributed by atoms with van der Waals surface area (Å²) in [6.07, 6.45) is 6.62. The molecule has 0 radical (unpaired) electrons. The third-order valence-electron chi connectivity index (χ3n) is 4.33. The topological polar surface area (TPSA) is 32.6 Å². The number of nitrogens with zero attached hydrogens (tertiary/aromatic N) is 3. The number of rotatable bonds is 1. The Morgan fingerprint density at radius 2 is 2.28 bits per heavy atom. The number of hydrogen-bond acceptors (Lipinski definition) is 3. The molecule has 2 atom stereocenters. The van der Waals surface area contributed by atoms with Crippen molar-refractivity contribution in [1.82, 2.24) is 14.7 Å². The summed E-state index contributed by atoms with van der Waals surface area (Å²) in [6.45, 7) is 3.49. The molecule has 2 unspecified atom stereocenters. The predicted molar refractivity (Wildman–Crippen MR) is 71.9 cm³/mol. The number of imidazole rings is 1. The molecule has 0 spiro atoms. The van der Waals surface area contributed by atoms with Crippen molar-refractivity contribution in [2.45, 2.75) is 18.9 Å². The van der Waals surface area contributed by atoms with Crippen molar-refractivity contribution < 1.29 is 0 Å². The largest absolute Gasteiger partial charge is 0.356 e. The molecule has 4 heteroatoms. The van der Waals surface area contributed by atoms with E-state index in [1.54, 1.807) is 0 Å². The van der Waals surface area contributed by atoms with Gasteiger partial charge in [0.1, 0.15) is 11.5 Å². The van der Waals surface area contributed by atoms with Gasteiger partial charge in [-0.15, -0.1) is 0 Å². The quantitative estimate of drug-likeness (QED) is 0.823. The number of fused-ring (bicyclic) bond motifs is 2. The van der Waals surface area contributed by atoms with Crippen LogP contribution in [0.1, 0.15) is 12.8 Å². The molecule has 2 aromatic heterocycles. The standard InChI is InChI=1S/C14H18N4/c1-4-13-16-7-8-18(13)14(5-1)17-9-11-3-2-6-15-12(11)10-17/h1,4-5,7-8,11-12,15H,2-3,6,9-10H2. The number of aromatic nitrogens is 2. The summed E-state index contributed by atoms with van der Waals surface area (Å²) in [5.41, 5.74) is 1.04. The van der Waals surface area contributed by atoms with Gasteiger partial charge in [-0.1, -0.05) is 6.07 Å². The molecular formula is C14H18N4. The maximum Gasteiger partial charge on any atom is 0.138 e. The molecule has 4 rings (SSSR count). The lowest BCUT2D eigenvalue weighted by Gasteiger charge is -2.24. The minimum Gasteiger partial charge on any atom is -0.356 e. The lowest BCUT2D eigenvalue weighted by molar-refractivity contribution is 0.340. The fourth-order valence-electron chi connectivity index (χ4n) is 3.42. The minimum absolute atomic E-state index is 0.678. The van der Waals surface area contributed by atoms with E-state index in [1.165, 1.54) is 31.7 Å². The fourth-order valence-corrected chi connectivity index (χ4v) is 3.42. The molecule has 0 aliphatic carbocycles. The van der Waals surface area contributed by atoms with Crippen LogP contribution in [-0.2, 0) is 0 Å². The Labute approximate surface area is 107 Å². The van der Waals surface area contributed by atoms with Crippen molar-refractivity contribution in [3.8, 4) is 0 Å². The Morgan fingerprint density at radius 3 is 3.22 bits per heavy atom. The van der Waals surface area contributed by atoms with Crippen molar-refractivity contribution >= 4 is 11.5 Å². The SMILES string of the molecule is c1cc(N2CC3CCCNC3C2)n2ccnc2c1. The van der Waals surface area contributed by atoms with Crippen molar-refractivity contribution in [2.24, 2.45) is 5.92 Å². The number of pyridine rings is 1. The van der Waals surface area contributed by atoms with Crippen LogP contribution in [0.25, 0.3) is 5.65 Å². The third kappa shape index (κ3) is 1.52. The highest BCUT2D eigenvalue weighted by molar-refractivity contribution is 5.52. The van der Waals surface area contributed by atoms with E-state index in [0.29, 0.717) is 6.04 Å². The van der Waals surface area contributed by atoms with Crippen LogP contribution in [-0.4, -0.2) is 35.1 Å². The zero-order chi connectivity index (χ0) is 11.9. The van der Waals surface area contributed by atoms with Crippen LogP contribution in [0.3, 0.4) is 0 Å². The van der Waals surface area contributed by atoms with Crippen LogP contribution in [0.2, 0.25) is 0 Å². The van der Waals surface area contributed by atoms with Gasteiger partial charge in [0, 0.05) is 31.5 Å². The molecule has 18 heavy (non-hydrogen) atoms. The predicted octanol–water partition coefficient (Wildman–Crippen LogP) is 1.52. The average Bonchev–Trinajstić information content (AvgIpc) is 3.04. The average molecular weight is 242 g/mol.